The maximum atomic E-state index is 12.5. The smallest absolute Gasteiger partial charge is 0.343 e. The van der Waals surface area contributed by atoms with Gasteiger partial charge in [0.1, 0.15) is 23.1 Å². The fraction of sp³-hybridized carbons (Fsp3) is 0.0833. The Kier molecular flexibility index (Phi) is 5.30. The fourth-order valence-corrected chi connectivity index (χ4v) is 3.73. The molecule has 4 rings (SSSR count). The van der Waals surface area contributed by atoms with E-state index in [9.17, 15) is 10.1 Å². The minimum absolute atomic E-state index is 0.0419. The normalized spacial score (nSPS) is 15.0. The number of fused-ring (bicyclic) bond motifs is 1. The van der Waals surface area contributed by atoms with E-state index in [0.29, 0.717) is 22.6 Å². The van der Waals surface area contributed by atoms with Gasteiger partial charge in [-0.1, -0.05) is 52.3 Å². The van der Waals surface area contributed by atoms with Crippen molar-refractivity contribution in [2.75, 3.05) is 0 Å². The summed E-state index contributed by atoms with van der Waals surface area (Å²) in [5.74, 6) is 0.0158. The zero-order valence-corrected chi connectivity index (χ0v) is 17.6. The summed E-state index contributed by atoms with van der Waals surface area (Å²) < 4.78 is 12.2. The predicted molar refractivity (Wildman–Crippen MR) is 116 cm³/mol. The van der Waals surface area contributed by atoms with E-state index in [-0.39, 0.29) is 11.8 Å². The Labute approximate surface area is 182 Å². The van der Waals surface area contributed by atoms with Crippen molar-refractivity contribution >= 4 is 21.9 Å². The summed E-state index contributed by atoms with van der Waals surface area (Å²) in [6, 6.07) is 22.2. The average Bonchev–Trinajstić information content (AvgIpc) is 2.73. The summed E-state index contributed by atoms with van der Waals surface area (Å²) in [7, 11) is 0. The molecule has 0 spiro atoms. The lowest BCUT2D eigenvalue weighted by Crippen LogP contribution is -2.21. The summed E-state index contributed by atoms with van der Waals surface area (Å²) >= 11 is 3.43. The second kappa shape index (κ2) is 8.05. The fourth-order valence-electron chi connectivity index (χ4n) is 3.46. The number of ether oxygens (including phenoxy) is 2. The van der Waals surface area contributed by atoms with Crippen molar-refractivity contribution < 1.29 is 14.3 Å². The molecule has 3 aromatic rings. The molecular weight excluding hydrogens is 444 g/mol. The van der Waals surface area contributed by atoms with Gasteiger partial charge in [0.15, 0.2) is 0 Å². The van der Waals surface area contributed by atoms with Gasteiger partial charge in [0.05, 0.1) is 11.5 Å². The number of halogens is 1. The van der Waals surface area contributed by atoms with Crippen molar-refractivity contribution in [2.24, 2.45) is 5.73 Å². The molecule has 0 fully saturated rings. The van der Waals surface area contributed by atoms with E-state index >= 15 is 0 Å². The van der Waals surface area contributed by atoms with E-state index in [4.69, 9.17) is 15.2 Å². The molecule has 5 nitrogen and oxygen atoms in total. The minimum Gasteiger partial charge on any atom is -0.440 e. The highest BCUT2D eigenvalue weighted by atomic mass is 79.9. The monoisotopic (exact) mass is 460 g/mol. The summed E-state index contributed by atoms with van der Waals surface area (Å²) in [4.78, 5) is 12.5. The molecule has 0 aliphatic carbocycles. The van der Waals surface area contributed by atoms with Gasteiger partial charge in [0.2, 0.25) is 5.88 Å². The van der Waals surface area contributed by atoms with Crippen LogP contribution >= 0.6 is 15.9 Å². The Balaban J connectivity index is 1.70. The highest BCUT2D eigenvalue weighted by Crippen LogP contribution is 2.43. The third-order valence-corrected chi connectivity index (χ3v) is 5.50. The zero-order chi connectivity index (χ0) is 21.3. The highest BCUT2D eigenvalue weighted by Gasteiger charge is 2.31. The number of rotatable bonds is 3. The van der Waals surface area contributed by atoms with Crippen LogP contribution in [0.25, 0.3) is 0 Å². The van der Waals surface area contributed by atoms with E-state index in [2.05, 4.69) is 22.0 Å². The molecule has 0 saturated carbocycles. The molecule has 1 aliphatic rings. The van der Waals surface area contributed by atoms with Gasteiger partial charge in [0, 0.05) is 16.1 Å². The van der Waals surface area contributed by atoms with E-state index in [1.807, 2.05) is 43.3 Å². The molecule has 1 atom stereocenters. The molecule has 2 N–H and O–H groups in total. The van der Waals surface area contributed by atoms with E-state index in [0.717, 1.165) is 21.2 Å². The summed E-state index contributed by atoms with van der Waals surface area (Å²) in [5.41, 5.74) is 9.40. The van der Waals surface area contributed by atoms with Gasteiger partial charge in [-0.25, -0.2) is 4.79 Å². The van der Waals surface area contributed by atoms with Gasteiger partial charge >= 0.3 is 5.97 Å². The number of benzene rings is 3. The van der Waals surface area contributed by atoms with Crippen molar-refractivity contribution in [3.05, 3.63) is 105 Å². The van der Waals surface area contributed by atoms with Crippen LogP contribution in [-0.2, 0) is 0 Å². The first-order valence-corrected chi connectivity index (χ1v) is 10.0. The number of hydrogen-bond acceptors (Lipinski definition) is 5. The molecule has 3 aromatic carbocycles. The second-order valence-corrected chi connectivity index (χ2v) is 7.80. The molecule has 1 heterocycles. The van der Waals surface area contributed by atoms with Gasteiger partial charge < -0.3 is 15.2 Å². The van der Waals surface area contributed by atoms with Gasteiger partial charge in [-0.2, -0.15) is 5.26 Å². The van der Waals surface area contributed by atoms with Crippen LogP contribution in [0, 0.1) is 18.3 Å². The number of carbonyl (C=O) groups is 1. The maximum absolute atomic E-state index is 12.5. The molecule has 1 aliphatic heterocycles. The van der Waals surface area contributed by atoms with Crippen LogP contribution in [0.15, 0.2) is 82.7 Å². The Hall–Kier alpha value is -3.56. The Morgan fingerprint density at radius 1 is 1.13 bits per heavy atom. The number of nitrogens with zero attached hydrogens (tertiary/aromatic N) is 1. The van der Waals surface area contributed by atoms with E-state index in [1.165, 1.54) is 0 Å². The topological polar surface area (TPSA) is 85.3 Å². The van der Waals surface area contributed by atoms with Gasteiger partial charge in [-0.05, 0) is 42.3 Å². The van der Waals surface area contributed by atoms with E-state index < -0.39 is 5.97 Å². The van der Waals surface area contributed by atoms with Crippen LogP contribution < -0.4 is 15.2 Å². The lowest BCUT2D eigenvalue weighted by atomic mass is 9.83. The number of nitrogens with two attached hydrogens (primary N) is 1. The van der Waals surface area contributed by atoms with Gasteiger partial charge in [-0.15, -0.1) is 0 Å². The van der Waals surface area contributed by atoms with Crippen LogP contribution in [0.3, 0.4) is 0 Å². The SMILES string of the molecule is Cc1ccccc1C(=O)Oc1ccc2c(c1)OC(N)=C(C#N)C2c1ccc(Br)cc1. The molecule has 0 bridgehead atoms. The van der Waals surface area contributed by atoms with Gasteiger partial charge in [-0.3, -0.25) is 0 Å². The summed E-state index contributed by atoms with van der Waals surface area (Å²) in [6.07, 6.45) is 0. The third kappa shape index (κ3) is 3.68. The first kappa shape index (κ1) is 19.7. The average molecular weight is 461 g/mol. The number of aryl methyl sites for hydroxylation is 1. The quantitative estimate of drug-likeness (QED) is 0.429. The summed E-state index contributed by atoms with van der Waals surface area (Å²) in [6.45, 7) is 1.85. The molecule has 0 radical (unpaired) electrons. The first-order valence-electron chi connectivity index (χ1n) is 9.22. The standard InChI is InChI=1S/C24H17BrN2O3/c1-14-4-2-3-5-18(14)24(28)29-17-10-11-19-21(12-17)30-23(27)20(13-26)22(19)15-6-8-16(25)9-7-15/h2-12,22H,27H2,1H3. The third-order valence-electron chi connectivity index (χ3n) is 4.97. The van der Waals surface area contributed by atoms with Gasteiger partial charge in [0.25, 0.3) is 0 Å². The molecule has 148 valence electrons. The van der Waals surface area contributed by atoms with Crippen molar-refractivity contribution in [1.82, 2.24) is 0 Å². The molecule has 30 heavy (non-hydrogen) atoms. The van der Waals surface area contributed by atoms with Crippen LogP contribution in [0.4, 0.5) is 0 Å². The number of nitriles is 1. The first-order chi connectivity index (χ1) is 14.5. The molecule has 0 saturated heterocycles. The lowest BCUT2D eigenvalue weighted by Gasteiger charge is -2.26. The van der Waals surface area contributed by atoms with Crippen molar-refractivity contribution in [2.45, 2.75) is 12.8 Å². The second-order valence-electron chi connectivity index (χ2n) is 6.88. The van der Waals surface area contributed by atoms with Crippen LogP contribution in [-0.4, -0.2) is 5.97 Å². The van der Waals surface area contributed by atoms with E-state index in [1.54, 1.807) is 30.3 Å². The Morgan fingerprint density at radius 3 is 2.57 bits per heavy atom. The molecule has 0 aromatic heterocycles. The number of allylic oxidation sites excluding steroid dienone is 1. The highest BCUT2D eigenvalue weighted by molar-refractivity contribution is 9.10. The lowest BCUT2D eigenvalue weighted by molar-refractivity contribution is 0.0733. The number of esters is 1. The minimum atomic E-state index is -0.449. The van der Waals surface area contributed by atoms with Crippen molar-refractivity contribution in [3.63, 3.8) is 0 Å². The Bertz CT molecular complexity index is 1210. The molecule has 0 amide bonds. The molecule has 1 unspecified atom stereocenters. The molecule has 6 heteroatoms. The van der Waals surface area contributed by atoms with Crippen LogP contribution in [0.5, 0.6) is 11.5 Å². The predicted octanol–water partition coefficient (Wildman–Crippen LogP) is 5.19. The molecular formula is C24H17BrN2O3. The largest absolute Gasteiger partial charge is 0.440 e. The maximum Gasteiger partial charge on any atom is 0.343 e. The number of hydrogen-bond donors (Lipinski definition) is 1. The summed E-state index contributed by atoms with van der Waals surface area (Å²) in [5, 5.41) is 9.65. The zero-order valence-electron chi connectivity index (χ0n) is 16.1. The Morgan fingerprint density at radius 2 is 1.87 bits per heavy atom. The van der Waals surface area contributed by atoms with Crippen LogP contribution in [0.2, 0.25) is 0 Å². The van der Waals surface area contributed by atoms with Crippen molar-refractivity contribution in [3.8, 4) is 17.6 Å². The number of carbonyl (C=O) groups excluding carboxylic acids is 1. The van der Waals surface area contributed by atoms with Crippen molar-refractivity contribution in [1.29, 1.82) is 5.26 Å². The van der Waals surface area contributed by atoms with Crippen LogP contribution in [0.1, 0.15) is 33.0 Å².